The molecule has 1 spiro atoms. The van der Waals surface area contributed by atoms with Gasteiger partial charge in [-0.2, -0.15) is 0 Å². The van der Waals surface area contributed by atoms with Gasteiger partial charge in [-0.3, -0.25) is 14.1 Å². The molecule has 0 radical (unpaired) electrons. The van der Waals surface area contributed by atoms with E-state index in [1.165, 1.54) is 10.5 Å². The van der Waals surface area contributed by atoms with Crippen LogP contribution < -0.4 is 10.9 Å². The number of likely N-dealkylation sites (tertiary alicyclic amines) is 1. The number of hydrogen-bond acceptors (Lipinski definition) is 5. The van der Waals surface area contributed by atoms with E-state index < -0.39 is 17.7 Å². The third-order valence-corrected chi connectivity index (χ3v) is 9.58. The highest BCUT2D eigenvalue weighted by Gasteiger charge is 2.46. The zero-order valence-corrected chi connectivity index (χ0v) is 24.6. The molecule has 42 heavy (non-hydrogen) atoms. The number of carbonyl (C=O) groups is 1. The van der Waals surface area contributed by atoms with E-state index in [-0.39, 0.29) is 28.7 Å². The first-order valence-electron chi connectivity index (χ1n) is 14.9. The molecule has 1 N–H and O–H groups in total. The lowest BCUT2D eigenvalue weighted by atomic mass is 9.90. The second kappa shape index (κ2) is 11.9. The van der Waals surface area contributed by atoms with E-state index in [1.54, 1.807) is 29.4 Å². The topological polar surface area (TPSA) is 73.2 Å². The standard InChI is InChI=1S/C31H37ClF2N6O2/c1-2-35-24-9-12-39(27(16-24)25-15-23(33)6-7-26(25)34)30(42)37-13-14-38(31(20-37)10-3-4-11-31)18-21-17-36-28-8-5-22(32)19-40(28)29(21)41/h5-8,15,17,19,24,27,35H,2-4,9-14,16,18,20H2,1H3/t24-,27+/m1/s1. The monoisotopic (exact) mass is 598 g/mol. The summed E-state index contributed by atoms with van der Waals surface area (Å²) < 4.78 is 30.7. The quantitative estimate of drug-likeness (QED) is 0.448. The van der Waals surface area contributed by atoms with Crippen molar-refractivity contribution in [2.45, 2.75) is 69.6 Å². The van der Waals surface area contributed by atoms with Gasteiger partial charge in [0.1, 0.15) is 17.3 Å². The summed E-state index contributed by atoms with van der Waals surface area (Å²) in [4.78, 5) is 38.0. The molecule has 1 aromatic carbocycles. The first-order valence-corrected chi connectivity index (χ1v) is 15.3. The number of piperidine rings is 1. The molecule has 224 valence electrons. The number of urea groups is 1. The van der Waals surface area contributed by atoms with Crippen LogP contribution in [0, 0.1) is 11.6 Å². The number of nitrogens with one attached hydrogen (secondary N) is 1. The lowest BCUT2D eigenvalue weighted by Gasteiger charge is -2.51. The van der Waals surface area contributed by atoms with Crippen molar-refractivity contribution in [2.75, 3.05) is 32.7 Å². The zero-order chi connectivity index (χ0) is 29.4. The van der Waals surface area contributed by atoms with Gasteiger partial charge in [-0.1, -0.05) is 31.4 Å². The predicted octanol–water partition coefficient (Wildman–Crippen LogP) is 4.99. The van der Waals surface area contributed by atoms with Crippen molar-refractivity contribution < 1.29 is 13.6 Å². The minimum absolute atomic E-state index is 0.120. The van der Waals surface area contributed by atoms with Gasteiger partial charge in [0, 0.05) is 62.3 Å². The van der Waals surface area contributed by atoms with Crippen molar-refractivity contribution in [3.05, 3.63) is 80.9 Å². The van der Waals surface area contributed by atoms with Crippen LogP contribution in [0.5, 0.6) is 0 Å². The Morgan fingerprint density at radius 2 is 1.95 bits per heavy atom. The molecule has 0 bridgehead atoms. The van der Waals surface area contributed by atoms with E-state index in [1.807, 2.05) is 11.8 Å². The normalized spacial score (nSPS) is 22.8. The first kappa shape index (κ1) is 29.0. The molecule has 8 nitrogen and oxygen atoms in total. The van der Waals surface area contributed by atoms with Gasteiger partial charge in [0.05, 0.1) is 16.6 Å². The molecule has 2 saturated heterocycles. The molecule has 1 saturated carbocycles. The van der Waals surface area contributed by atoms with E-state index in [9.17, 15) is 14.0 Å². The summed E-state index contributed by atoms with van der Waals surface area (Å²) in [5.74, 6) is -1.01. The molecule has 3 fully saturated rings. The highest BCUT2D eigenvalue weighted by molar-refractivity contribution is 6.30. The van der Waals surface area contributed by atoms with Crippen LogP contribution in [0.4, 0.5) is 13.6 Å². The van der Waals surface area contributed by atoms with Gasteiger partial charge in [0.25, 0.3) is 5.56 Å². The number of aromatic nitrogens is 2. The van der Waals surface area contributed by atoms with Crippen molar-refractivity contribution in [3.8, 4) is 0 Å². The molecular formula is C31H37ClF2N6O2. The molecule has 2 amide bonds. The molecule has 11 heteroatoms. The lowest BCUT2D eigenvalue weighted by Crippen LogP contribution is -2.64. The van der Waals surface area contributed by atoms with Gasteiger partial charge in [-0.25, -0.2) is 18.6 Å². The Kier molecular flexibility index (Phi) is 8.22. The van der Waals surface area contributed by atoms with E-state index in [4.69, 9.17) is 11.6 Å². The summed E-state index contributed by atoms with van der Waals surface area (Å²) in [6.45, 7) is 5.32. The zero-order valence-electron chi connectivity index (χ0n) is 23.9. The summed E-state index contributed by atoms with van der Waals surface area (Å²) >= 11 is 6.15. The minimum atomic E-state index is -0.556. The van der Waals surface area contributed by atoms with Crippen LogP contribution in [0.1, 0.15) is 62.6 Å². The third kappa shape index (κ3) is 5.52. The largest absolute Gasteiger partial charge is 0.321 e. The van der Waals surface area contributed by atoms with Gasteiger partial charge >= 0.3 is 6.03 Å². The number of hydrogen-bond donors (Lipinski definition) is 1. The summed E-state index contributed by atoms with van der Waals surface area (Å²) in [6, 6.07) is 6.36. The highest BCUT2D eigenvalue weighted by atomic mass is 35.5. The Morgan fingerprint density at radius 3 is 2.74 bits per heavy atom. The minimum Gasteiger partial charge on any atom is -0.321 e. The SMILES string of the molecule is CCN[C@@H]1CCN(C(=O)N2CCN(Cc3cnc4ccc(Cl)cn4c3=O)C3(CCCC3)C2)[C@H](c2cc(F)ccc2F)C1. The fourth-order valence-electron chi connectivity index (χ4n) is 7.25. The maximum Gasteiger partial charge on any atom is 0.320 e. The van der Waals surface area contributed by atoms with Gasteiger partial charge in [0.15, 0.2) is 0 Å². The van der Waals surface area contributed by atoms with E-state index >= 15 is 4.39 Å². The average molecular weight is 599 g/mol. The molecule has 0 unspecified atom stereocenters. The Balaban J connectivity index is 1.24. The van der Waals surface area contributed by atoms with E-state index in [0.29, 0.717) is 55.4 Å². The van der Waals surface area contributed by atoms with Crippen LogP contribution in [0.3, 0.4) is 0 Å². The molecule has 6 rings (SSSR count). The molecular weight excluding hydrogens is 562 g/mol. The number of amides is 2. The number of rotatable bonds is 5. The number of carbonyl (C=O) groups excluding carboxylic acids is 1. The Bertz CT molecular complexity index is 1530. The van der Waals surface area contributed by atoms with Crippen molar-refractivity contribution in [1.82, 2.24) is 29.4 Å². The second-order valence-corrected chi connectivity index (χ2v) is 12.3. The number of halogens is 3. The Morgan fingerprint density at radius 1 is 1.14 bits per heavy atom. The lowest BCUT2D eigenvalue weighted by molar-refractivity contribution is -0.00253. The average Bonchev–Trinajstić information content (AvgIpc) is 3.45. The molecule has 2 aromatic heterocycles. The summed E-state index contributed by atoms with van der Waals surface area (Å²) in [5.41, 5.74) is 0.965. The fraction of sp³-hybridized carbons (Fsp3) is 0.516. The van der Waals surface area contributed by atoms with Crippen LogP contribution in [0.25, 0.3) is 5.65 Å². The number of benzene rings is 1. The maximum absolute atomic E-state index is 15.0. The van der Waals surface area contributed by atoms with Gasteiger partial charge in [-0.15, -0.1) is 0 Å². The molecule has 3 aromatic rings. The van der Waals surface area contributed by atoms with Gasteiger partial charge in [-0.05, 0) is 62.6 Å². The van der Waals surface area contributed by atoms with Gasteiger partial charge < -0.3 is 15.1 Å². The molecule has 2 atom stereocenters. The molecule has 2 aliphatic heterocycles. The van der Waals surface area contributed by atoms with Crippen LogP contribution in [0.15, 0.2) is 47.5 Å². The predicted molar refractivity (Wildman–Crippen MR) is 158 cm³/mol. The van der Waals surface area contributed by atoms with Crippen LogP contribution in [-0.4, -0.2) is 74.4 Å². The highest BCUT2D eigenvalue weighted by Crippen LogP contribution is 2.40. The second-order valence-electron chi connectivity index (χ2n) is 11.9. The van der Waals surface area contributed by atoms with E-state index in [2.05, 4.69) is 15.2 Å². The fourth-order valence-corrected chi connectivity index (χ4v) is 7.41. The molecule has 4 heterocycles. The van der Waals surface area contributed by atoms with Crippen molar-refractivity contribution in [3.63, 3.8) is 0 Å². The number of piperazine rings is 1. The van der Waals surface area contributed by atoms with Gasteiger partial charge in [0.2, 0.25) is 0 Å². The van der Waals surface area contributed by atoms with Crippen molar-refractivity contribution in [2.24, 2.45) is 0 Å². The molecule has 1 aliphatic carbocycles. The Labute approximate surface area is 249 Å². The van der Waals surface area contributed by atoms with Crippen LogP contribution in [0.2, 0.25) is 5.02 Å². The van der Waals surface area contributed by atoms with Crippen LogP contribution >= 0.6 is 11.6 Å². The maximum atomic E-state index is 15.0. The number of fused-ring (bicyclic) bond motifs is 1. The number of nitrogens with zero attached hydrogens (tertiary/aromatic N) is 5. The molecule has 3 aliphatic rings. The van der Waals surface area contributed by atoms with E-state index in [0.717, 1.165) is 50.8 Å². The summed E-state index contributed by atoms with van der Waals surface area (Å²) in [6.07, 6.45) is 8.47. The van der Waals surface area contributed by atoms with Crippen molar-refractivity contribution in [1.29, 1.82) is 0 Å². The summed E-state index contributed by atoms with van der Waals surface area (Å²) in [5, 5.41) is 3.90. The third-order valence-electron chi connectivity index (χ3n) is 9.36. The van der Waals surface area contributed by atoms with Crippen molar-refractivity contribution >= 4 is 23.3 Å². The first-order chi connectivity index (χ1) is 20.3. The summed E-state index contributed by atoms with van der Waals surface area (Å²) in [7, 11) is 0. The van der Waals surface area contributed by atoms with Crippen LogP contribution in [-0.2, 0) is 6.54 Å². The smallest absolute Gasteiger partial charge is 0.320 e. The Hall–Kier alpha value is -3.08. The number of pyridine rings is 1.